The van der Waals surface area contributed by atoms with Gasteiger partial charge in [-0.05, 0) is 30.5 Å². The average Bonchev–Trinajstić information content (AvgIpc) is 2.97. The van der Waals surface area contributed by atoms with Gasteiger partial charge in [-0.1, -0.05) is 12.1 Å². The second-order valence-corrected chi connectivity index (χ2v) is 6.26. The van der Waals surface area contributed by atoms with E-state index in [0.29, 0.717) is 18.4 Å². The average molecular weight is 239 g/mol. The fourth-order valence-electron chi connectivity index (χ4n) is 1.83. The molecule has 1 fully saturated rings. The van der Waals surface area contributed by atoms with Gasteiger partial charge in [-0.25, -0.2) is 8.42 Å². The number of benzene rings is 1. The first-order valence-electron chi connectivity index (χ1n) is 4.97. The highest BCUT2D eigenvalue weighted by atomic mass is 32.2. The van der Waals surface area contributed by atoms with Crippen LogP contribution in [0.3, 0.4) is 0 Å². The van der Waals surface area contributed by atoms with E-state index >= 15 is 0 Å². The van der Waals surface area contributed by atoms with Gasteiger partial charge in [-0.2, -0.15) is 0 Å². The predicted octanol–water partition coefficient (Wildman–Crippen LogP) is 0.607. The molecular formula is C11H13NO3S. The molecule has 0 saturated heterocycles. The highest BCUT2D eigenvalue weighted by molar-refractivity contribution is 7.90. The lowest BCUT2D eigenvalue weighted by molar-refractivity contribution is -0.120. The molecule has 0 bridgehead atoms. The first kappa shape index (κ1) is 11.1. The Balaban J connectivity index is 2.49. The summed E-state index contributed by atoms with van der Waals surface area (Å²) in [6.45, 7) is 0. The van der Waals surface area contributed by atoms with Crippen molar-refractivity contribution in [3.8, 4) is 0 Å². The minimum Gasteiger partial charge on any atom is -0.369 e. The topological polar surface area (TPSA) is 77.2 Å². The smallest absolute Gasteiger partial charge is 0.228 e. The van der Waals surface area contributed by atoms with Gasteiger partial charge in [0.05, 0.1) is 10.3 Å². The summed E-state index contributed by atoms with van der Waals surface area (Å²) >= 11 is 0. The maximum absolute atomic E-state index is 11.4. The standard InChI is InChI=1S/C11H13NO3S/c1-16(14,15)9-4-2-3-8(7-9)11(5-6-11)10(12)13/h2-4,7H,5-6H2,1H3,(H2,12,13). The fraction of sp³-hybridized carbons (Fsp3) is 0.364. The highest BCUT2D eigenvalue weighted by Crippen LogP contribution is 2.48. The van der Waals surface area contributed by atoms with Crippen LogP contribution in [0.2, 0.25) is 0 Å². The van der Waals surface area contributed by atoms with E-state index in [1.165, 1.54) is 6.07 Å². The van der Waals surface area contributed by atoms with Crippen LogP contribution in [0.25, 0.3) is 0 Å². The third-order valence-corrected chi connectivity index (χ3v) is 4.15. The molecule has 4 nitrogen and oxygen atoms in total. The van der Waals surface area contributed by atoms with Crippen LogP contribution in [0.1, 0.15) is 18.4 Å². The number of hydrogen-bond acceptors (Lipinski definition) is 3. The van der Waals surface area contributed by atoms with Crippen molar-refractivity contribution in [3.05, 3.63) is 29.8 Å². The van der Waals surface area contributed by atoms with E-state index in [0.717, 1.165) is 6.26 Å². The number of rotatable bonds is 3. The lowest BCUT2D eigenvalue weighted by Gasteiger charge is -2.12. The number of amides is 1. The van der Waals surface area contributed by atoms with Crippen LogP contribution in [0.15, 0.2) is 29.2 Å². The second kappa shape index (κ2) is 3.31. The number of carbonyl (C=O) groups is 1. The van der Waals surface area contributed by atoms with Crippen molar-refractivity contribution >= 4 is 15.7 Å². The van der Waals surface area contributed by atoms with Gasteiger partial charge in [-0.15, -0.1) is 0 Å². The lowest BCUT2D eigenvalue weighted by atomic mass is 9.95. The number of primary amides is 1. The number of hydrogen-bond donors (Lipinski definition) is 1. The first-order chi connectivity index (χ1) is 7.36. The van der Waals surface area contributed by atoms with Crippen LogP contribution in [0, 0.1) is 0 Å². The molecular weight excluding hydrogens is 226 g/mol. The molecule has 2 rings (SSSR count). The molecule has 0 heterocycles. The van der Waals surface area contributed by atoms with E-state index in [4.69, 9.17) is 5.73 Å². The van der Waals surface area contributed by atoms with Crippen LogP contribution in [0.5, 0.6) is 0 Å². The molecule has 1 aliphatic rings. The van der Waals surface area contributed by atoms with Gasteiger partial charge in [0.1, 0.15) is 0 Å². The molecule has 1 amide bonds. The molecule has 0 radical (unpaired) electrons. The van der Waals surface area contributed by atoms with Gasteiger partial charge in [0.15, 0.2) is 9.84 Å². The van der Waals surface area contributed by atoms with Gasteiger partial charge >= 0.3 is 0 Å². The maximum Gasteiger partial charge on any atom is 0.228 e. The zero-order valence-electron chi connectivity index (χ0n) is 8.93. The third kappa shape index (κ3) is 1.71. The number of carbonyl (C=O) groups excluding carboxylic acids is 1. The van der Waals surface area contributed by atoms with Crippen LogP contribution in [-0.4, -0.2) is 20.6 Å². The van der Waals surface area contributed by atoms with Gasteiger partial charge in [0, 0.05) is 6.26 Å². The van der Waals surface area contributed by atoms with E-state index in [-0.39, 0.29) is 10.8 Å². The van der Waals surface area contributed by atoms with Crippen LogP contribution in [-0.2, 0) is 20.0 Å². The summed E-state index contributed by atoms with van der Waals surface area (Å²) in [4.78, 5) is 11.6. The number of sulfone groups is 1. The minimum absolute atomic E-state index is 0.234. The molecule has 0 atom stereocenters. The first-order valence-corrected chi connectivity index (χ1v) is 6.86. The zero-order chi connectivity index (χ0) is 12.0. The summed E-state index contributed by atoms with van der Waals surface area (Å²) in [7, 11) is -3.24. The van der Waals surface area contributed by atoms with Crippen LogP contribution < -0.4 is 5.73 Å². The Kier molecular flexibility index (Phi) is 2.31. The molecule has 1 aromatic carbocycles. The molecule has 1 aromatic rings. The van der Waals surface area contributed by atoms with Gasteiger partial charge in [-0.3, -0.25) is 4.79 Å². The Morgan fingerprint density at radius 3 is 2.44 bits per heavy atom. The van der Waals surface area contributed by atoms with E-state index in [1.54, 1.807) is 18.2 Å². The summed E-state index contributed by atoms with van der Waals surface area (Å²) in [6.07, 6.45) is 2.56. The molecule has 0 unspecified atom stereocenters. The maximum atomic E-state index is 11.4. The van der Waals surface area contributed by atoms with Crippen molar-refractivity contribution in [3.63, 3.8) is 0 Å². The molecule has 0 aromatic heterocycles. The summed E-state index contributed by atoms with van der Waals surface area (Å²) in [5, 5.41) is 0. The van der Waals surface area contributed by atoms with Crippen molar-refractivity contribution in [2.75, 3.05) is 6.26 Å². The molecule has 1 aliphatic carbocycles. The van der Waals surface area contributed by atoms with Crippen molar-refractivity contribution in [2.24, 2.45) is 5.73 Å². The molecule has 0 spiro atoms. The molecule has 5 heteroatoms. The molecule has 2 N–H and O–H groups in total. The summed E-state index contributed by atoms with van der Waals surface area (Å²) in [5.74, 6) is -0.377. The monoisotopic (exact) mass is 239 g/mol. The minimum atomic E-state index is -3.24. The fourth-order valence-corrected chi connectivity index (χ4v) is 2.49. The van der Waals surface area contributed by atoms with E-state index < -0.39 is 15.3 Å². The van der Waals surface area contributed by atoms with Crippen LogP contribution in [0.4, 0.5) is 0 Å². The van der Waals surface area contributed by atoms with Crippen molar-refractivity contribution in [1.29, 1.82) is 0 Å². The predicted molar refractivity (Wildman–Crippen MR) is 59.7 cm³/mol. The van der Waals surface area contributed by atoms with Crippen molar-refractivity contribution < 1.29 is 13.2 Å². The van der Waals surface area contributed by atoms with Crippen molar-refractivity contribution in [1.82, 2.24) is 0 Å². The Bertz CT molecular complexity index is 544. The van der Waals surface area contributed by atoms with Crippen molar-refractivity contribution in [2.45, 2.75) is 23.2 Å². The van der Waals surface area contributed by atoms with E-state index in [2.05, 4.69) is 0 Å². The summed E-state index contributed by atoms with van der Waals surface area (Å²) in [6, 6.07) is 6.48. The van der Waals surface area contributed by atoms with Gasteiger partial charge in [0.25, 0.3) is 0 Å². The second-order valence-electron chi connectivity index (χ2n) is 4.25. The Morgan fingerprint density at radius 1 is 1.38 bits per heavy atom. The largest absolute Gasteiger partial charge is 0.369 e. The summed E-state index contributed by atoms with van der Waals surface area (Å²) < 4.78 is 22.8. The quantitative estimate of drug-likeness (QED) is 0.839. The highest BCUT2D eigenvalue weighted by Gasteiger charge is 2.50. The van der Waals surface area contributed by atoms with Gasteiger partial charge in [0.2, 0.25) is 5.91 Å². The van der Waals surface area contributed by atoms with Crippen LogP contribution >= 0.6 is 0 Å². The molecule has 86 valence electrons. The Labute approximate surface area is 94.4 Å². The SMILES string of the molecule is CS(=O)(=O)c1cccc(C2(C(N)=O)CC2)c1. The normalized spacial score (nSPS) is 18.1. The third-order valence-electron chi connectivity index (χ3n) is 3.04. The molecule has 0 aliphatic heterocycles. The molecule has 16 heavy (non-hydrogen) atoms. The van der Waals surface area contributed by atoms with E-state index in [9.17, 15) is 13.2 Å². The Morgan fingerprint density at radius 2 is 2.00 bits per heavy atom. The van der Waals surface area contributed by atoms with Gasteiger partial charge < -0.3 is 5.73 Å². The zero-order valence-corrected chi connectivity index (χ0v) is 9.75. The number of nitrogens with two attached hydrogens (primary N) is 1. The van der Waals surface area contributed by atoms with E-state index in [1.807, 2.05) is 0 Å². The summed E-state index contributed by atoms with van der Waals surface area (Å²) in [5.41, 5.74) is 5.42. The Hall–Kier alpha value is -1.36. The lowest BCUT2D eigenvalue weighted by Crippen LogP contribution is -2.28. The molecule has 1 saturated carbocycles.